The van der Waals surface area contributed by atoms with Gasteiger partial charge >= 0.3 is 6.03 Å². The average molecular weight is 817 g/mol. The molecule has 58 heavy (non-hydrogen) atoms. The van der Waals surface area contributed by atoms with Gasteiger partial charge < -0.3 is 30.3 Å². The van der Waals surface area contributed by atoms with Gasteiger partial charge in [-0.1, -0.05) is 37.8 Å². The standard InChI is InChI=1S/C43H56N6O8S/c1-41(20-21-41)58(54,55)48-39(52)43-23-27(43)10-6-4-3-5-7-13-33(46-40(53)44-28-11-8-9-12-28)38(51)49-25-42(24-34(49)37(50)47-43)19-18-30-31-22-29(56-2)16-17-32(31)45-35(26-14-15-26)36(30)57-42/h6,10,16-17,22,26-28,33-34H,3-5,7-9,11-15,18-21,23-25H2,1-2H3,(H,47,50)(H,48,52)(H2,44,46,53). The van der Waals surface area contributed by atoms with Crippen molar-refractivity contribution < 1.29 is 37.1 Å². The molecule has 4 N–H and O–H groups in total. The number of nitrogens with zero attached hydrogens (tertiary/aromatic N) is 2. The Balaban J connectivity index is 1.06. The van der Waals surface area contributed by atoms with Gasteiger partial charge in [-0.15, -0.1) is 0 Å². The number of carbonyl (C=O) groups is 4. The minimum absolute atomic E-state index is 0.0545. The molecule has 15 heteroatoms. The molecule has 14 nitrogen and oxygen atoms in total. The molecule has 7 aliphatic rings. The number of aromatic nitrogens is 1. The topological polar surface area (TPSA) is 185 Å². The Morgan fingerprint density at radius 2 is 1.76 bits per heavy atom. The fraction of sp³-hybridized carbons (Fsp3) is 0.651. The van der Waals surface area contributed by atoms with Crippen LogP contribution in [0.25, 0.3) is 10.9 Å². The van der Waals surface area contributed by atoms with Gasteiger partial charge in [-0.05, 0) is 102 Å². The number of urea groups is 1. The van der Waals surface area contributed by atoms with Crippen LogP contribution in [0.3, 0.4) is 0 Å². The minimum atomic E-state index is -3.98. The highest BCUT2D eigenvalue weighted by Gasteiger charge is 2.64. The molecule has 0 bridgehead atoms. The quantitative estimate of drug-likeness (QED) is 0.286. The molecule has 312 valence electrons. The largest absolute Gasteiger partial charge is 0.497 e. The van der Waals surface area contributed by atoms with Crippen LogP contribution in [0.15, 0.2) is 30.4 Å². The first-order valence-electron chi connectivity index (χ1n) is 21.5. The van der Waals surface area contributed by atoms with Crippen LogP contribution in [0.4, 0.5) is 4.79 Å². The number of sulfonamides is 1. The number of amides is 5. The first kappa shape index (κ1) is 39.1. The predicted molar refractivity (Wildman–Crippen MR) is 216 cm³/mol. The van der Waals surface area contributed by atoms with E-state index < -0.39 is 61.8 Å². The van der Waals surface area contributed by atoms with E-state index in [1.165, 1.54) is 0 Å². The van der Waals surface area contributed by atoms with Gasteiger partial charge in [-0.2, -0.15) is 0 Å². The summed E-state index contributed by atoms with van der Waals surface area (Å²) in [5.41, 5.74) is 0.356. The van der Waals surface area contributed by atoms with Crippen molar-refractivity contribution in [2.45, 2.75) is 156 Å². The summed E-state index contributed by atoms with van der Waals surface area (Å²) in [4.78, 5) is 63.9. The third-order valence-corrected chi connectivity index (χ3v) is 16.2. The molecule has 1 aromatic heterocycles. The van der Waals surface area contributed by atoms with Crippen molar-refractivity contribution in [1.82, 2.24) is 30.6 Å². The third kappa shape index (κ3) is 7.29. The Kier molecular flexibility index (Phi) is 9.91. The van der Waals surface area contributed by atoms with Gasteiger partial charge in [0.1, 0.15) is 34.7 Å². The zero-order valence-electron chi connectivity index (χ0n) is 33.6. The lowest BCUT2D eigenvalue weighted by Crippen LogP contribution is -2.59. The number of ether oxygens (including phenoxy) is 2. The van der Waals surface area contributed by atoms with Gasteiger partial charge in [-0.25, -0.2) is 18.2 Å². The number of hydrogen-bond donors (Lipinski definition) is 4. The molecule has 5 unspecified atom stereocenters. The van der Waals surface area contributed by atoms with Crippen LogP contribution in [0.5, 0.6) is 11.5 Å². The minimum Gasteiger partial charge on any atom is -0.497 e. The van der Waals surface area contributed by atoms with E-state index in [1.54, 1.807) is 18.9 Å². The number of benzene rings is 1. The zero-order chi connectivity index (χ0) is 40.5. The Hall–Kier alpha value is -4.40. The lowest BCUT2D eigenvalue weighted by Gasteiger charge is -2.37. The van der Waals surface area contributed by atoms with E-state index in [1.807, 2.05) is 30.4 Å². The molecular formula is C43H56N6O8S. The molecule has 4 saturated carbocycles. The van der Waals surface area contributed by atoms with Crippen molar-refractivity contribution in [2.24, 2.45) is 5.92 Å². The van der Waals surface area contributed by atoms with E-state index in [9.17, 15) is 27.6 Å². The third-order valence-electron chi connectivity index (χ3n) is 14.0. The molecule has 4 heterocycles. The number of carbonyl (C=O) groups excluding carboxylic acids is 4. The lowest BCUT2D eigenvalue weighted by molar-refractivity contribution is -0.141. The molecule has 1 aromatic carbocycles. The molecule has 9 rings (SSSR count). The maximum absolute atomic E-state index is 14.9. The number of nitrogens with one attached hydrogen (secondary N) is 4. The zero-order valence-corrected chi connectivity index (χ0v) is 34.4. The van der Waals surface area contributed by atoms with Gasteiger partial charge in [0.2, 0.25) is 21.8 Å². The second-order valence-corrected chi connectivity index (χ2v) is 20.5. The SMILES string of the molecule is COc1ccc2nc(C3CC3)c3c(c2c1)CCC1(CC2C(=O)NC4(C(=O)NS(=O)(=O)C5(C)CC5)CC4C=CCCCCCC(NC(=O)NC4CCCC4)C(=O)N2C1)O3. The number of rotatable bonds is 7. The average Bonchev–Trinajstić information content (AvgIpc) is 4.17. The number of allylic oxidation sites excluding steroid dienone is 1. The van der Waals surface area contributed by atoms with Gasteiger partial charge in [0.25, 0.3) is 5.91 Å². The van der Waals surface area contributed by atoms with Crippen molar-refractivity contribution in [2.75, 3.05) is 13.7 Å². The lowest BCUT2D eigenvalue weighted by atomic mass is 9.86. The van der Waals surface area contributed by atoms with Crippen LogP contribution in [-0.4, -0.2) is 89.7 Å². The van der Waals surface area contributed by atoms with Gasteiger partial charge in [0.05, 0.1) is 29.6 Å². The molecule has 1 spiro atoms. The fourth-order valence-corrected chi connectivity index (χ4v) is 11.1. The van der Waals surface area contributed by atoms with Crippen LogP contribution < -0.4 is 30.1 Å². The summed E-state index contributed by atoms with van der Waals surface area (Å²) in [5.74, 6) is -0.414. The molecular weight excluding hydrogens is 761 g/mol. The van der Waals surface area contributed by atoms with Crippen LogP contribution in [0, 0.1) is 5.92 Å². The van der Waals surface area contributed by atoms with E-state index in [0.717, 1.165) is 79.9 Å². The number of aryl methyl sites for hydroxylation is 1. The highest BCUT2D eigenvalue weighted by Crippen LogP contribution is 2.52. The molecule has 5 atom stereocenters. The molecule has 0 radical (unpaired) electrons. The smallest absolute Gasteiger partial charge is 0.315 e. The normalized spacial score (nSPS) is 30.9. The van der Waals surface area contributed by atoms with Crippen LogP contribution in [0.1, 0.15) is 127 Å². The van der Waals surface area contributed by atoms with E-state index >= 15 is 0 Å². The molecule has 2 aromatic rings. The van der Waals surface area contributed by atoms with Crippen molar-refractivity contribution in [1.29, 1.82) is 0 Å². The number of fused-ring (bicyclic) bond motifs is 5. The Morgan fingerprint density at radius 3 is 2.50 bits per heavy atom. The summed E-state index contributed by atoms with van der Waals surface area (Å²) in [6.45, 7) is 1.71. The highest BCUT2D eigenvalue weighted by molar-refractivity contribution is 7.91. The second-order valence-electron chi connectivity index (χ2n) is 18.3. The summed E-state index contributed by atoms with van der Waals surface area (Å²) >= 11 is 0. The summed E-state index contributed by atoms with van der Waals surface area (Å²) in [7, 11) is -2.35. The van der Waals surface area contributed by atoms with Crippen molar-refractivity contribution in [3.05, 3.63) is 41.6 Å². The van der Waals surface area contributed by atoms with E-state index in [0.29, 0.717) is 50.0 Å². The number of hydrogen-bond acceptors (Lipinski definition) is 9. The monoisotopic (exact) mass is 816 g/mol. The van der Waals surface area contributed by atoms with Crippen molar-refractivity contribution >= 4 is 44.7 Å². The van der Waals surface area contributed by atoms with Crippen molar-refractivity contribution in [3.8, 4) is 11.5 Å². The predicted octanol–water partition coefficient (Wildman–Crippen LogP) is 4.79. The highest BCUT2D eigenvalue weighted by atomic mass is 32.2. The van der Waals surface area contributed by atoms with Gasteiger partial charge in [0, 0.05) is 35.2 Å². The van der Waals surface area contributed by atoms with Gasteiger partial charge in [0.15, 0.2) is 0 Å². The van der Waals surface area contributed by atoms with E-state index in [-0.39, 0.29) is 37.3 Å². The van der Waals surface area contributed by atoms with Gasteiger partial charge in [-0.3, -0.25) is 19.1 Å². The van der Waals surface area contributed by atoms with Crippen LogP contribution in [0.2, 0.25) is 0 Å². The van der Waals surface area contributed by atoms with Crippen LogP contribution in [-0.2, 0) is 30.8 Å². The first-order valence-corrected chi connectivity index (χ1v) is 22.9. The maximum atomic E-state index is 14.9. The Morgan fingerprint density at radius 1 is 0.983 bits per heavy atom. The maximum Gasteiger partial charge on any atom is 0.315 e. The van der Waals surface area contributed by atoms with Crippen molar-refractivity contribution in [3.63, 3.8) is 0 Å². The summed E-state index contributed by atoms with van der Waals surface area (Å²) < 4.78 is 40.6. The number of pyridine rings is 1. The van der Waals surface area contributed by atoms with E-state index in [2.05, 4.69) is 20.7 Å². The Labute approximate surface area is 340 Å². The van der Waals surface area contributed by atoms with Crippen LogP contribution >= 0.6 is 0 Å². The Bertz CT molecular complexity index is 2160. The summed E-state index contributed by atoms with van der Waals surface area (Å²) in [6.07, 6.45) is 15.7. The molecule has 3 aliphatic heterocycles. The molecule has 1 saturated heterocycles. The summed E-state index contributed by atoms with van der Waals surface area (Å²) in [6, 6.07) is 3.58. The number of methoxy groups -OCH3 is 1. The second kappa shape index (κ2) is 14.7. The molecule has 5 amide bonds. The summed E-state index contributed by atoms with van der Waals surface area (Å²) in [5, 5.41) is 10.0. The van der Waals surface area contributed by atoms with E-state index in [4.69, 9.17) is 14.5 Å². The first-order chi connectivity index (χ1) is 27.8. The molecule has 5 fully saturated rings. The molecule has 4 aliphatic carbocycles. The fourth-order valence-electron chi connectivity index (χ4n) is 9.75.